The number of thiazole rings is 1. The molecule has 2 atom stereocenters. The summed E-state index contributed by atoms with van der Waals surface area (Å²) >= 11 is 2.55. The van der Waals surface area contributed by atoms with Crippen LogP contribution in [0.1, 0.15) is 19.0 Å². The Balaban J connectivity index is 1.36. The number of amides is 2. The fourth-order valence-electron chi connectivity index (χ4n) is 4.20. The summed E-state index contributed by atoms with van der Waals surface area (Å²) in [7, 11) is 0. The number of nitrogens with one attached hydrogen (secondary N) is 1. The van der Waals surface area contributed by atoms with Crippen molar-refractivity contribution in [1.82, 2.24) is 19.6 Å². The zero-order chi connectivity index (χ0) is 26.1. The SMILES string of the molecule is CCCON=C(C(=O)N[C@@H]1C(=O)N2C(C(=O)O)=C(C[n+]3ccn4ccccc43)CS[C@@H]12)c1csc(N)n1. The van der Waals surface area contributed by atoms with Gasteiger partial charge < -0.3 is 21.0 Å². The lowest BCUT2D eigenvalue weighted by atomic mass is 10.0. The van der Waals surface area contributed by atoms with E-state index in [1.165, 1.54) is 16.7 Å². The van der Waals surface area contributed by atoms with Crippen LogP contribution in [0.2, 0.25) is 0 Å². The van der Waals surface area contributed by atoms with Crippen molar-refractivity contribution in [2.75, 3.05) is 18.1 Å². The van der Waals surface area contributed by atoms with Crippen molar-refractivity contribution in [3.8, 4) is 0 Å². The van der Waals surface area contributed by atoms with Crippen molar-refractivity contribution in [3.63, 3.8) is 0 Å². The predicted molar refractivity (Wildman–Crippen MR) is 137 cm³/mol. The molecule has 2 aliphatic heterocycles. The van der Waals surface area contributed by atoms with Crippen LogP contribution in [0.15, 0.2) is 58.6 Å². The van der Waals surface area contributed by atoms with Crippen LogP contribution >= 0.6 is 23.1 Å². The van der Waals surface area contributed by atoms with Crippen LogP contribution in [0.3, 0.4) is 0 Å². The average Bonchev–Trinajstić information content (AvgIpc) is 3.50. The number of aromatic nitrogens is 3. The fraction of sp³-hybridized carbons (Fsp3) is 0.304. The molecule has 0 aromatic carbocycles. The van der Waals surface area contributed by atoms with Crippen LogP contribution in [0.5, 0.6) is 0 Å². The maximum absolute atomic E-state index is 13.1. The highest BCUT2D eigenvalue weighted by Gasteiger charge is 2.54. The van der Waals surface area contributed by atoms with Crippen molar-refractivity contribution in [1.29, 1.82) is 0 Å². The first-order valence-electron chi connectivity index (χ1n) is 11.5. The Labute approximate surface area is 219 Å². The Morgan fingerprint density at radius 2 is 2.22 bits per heavy atom. The van der Waals surface area contributed by atoms with Gasteiger partial charge in [-0.2, -0.15) is 0 Å². The van der Waals surface area contributed by atoms with Crippen molar-refractivity contribution < 1.29 is 28.9 Å². The van der Waals surface area contributed by atoms with E-state index < -0.39 is 29.2 Å². The van der Waals surface area contributed by atoms with E-state index >= 15 is 0 Å². The Hall–Kier alpha value is -3.91. The van der Waals surface area contributed by atoms with E-state index in [-0.39, 0.29) is 22.2 Å². The molecule has 192 valence electrons. The van der Waals surface area contributed by atoms with Crippen LogP contribution in [0.25, 0.3) is 5.65 Å². The number of carbonyl (C=O) groups excluding carboxylic acids is 2. The Bertz CT molecular complexity index is 1450. The van der Waals surface area contributed by atoms with Gasteiger partial charge in [-0.15, -0.1) is 23.1 Å². The number of nitrogens with zero attached hydrogens (tertiary/aromatic N) is 5. The van der Waals surface area contributed by atoms with Gasteiger partial charge >= 0.3 is 5.97 Å². The lowest BCUT2D eigenvalue weighted by Crippen LogP contribution is -2.71. The first kappa shape index (κ1) is 24.8. The topological polar surface area (TPSA) is 156 Å². The number of thioether (sulfide) groups is 1. The molecule has 3 aromatic rings. The molecule has 5 rings (SSSR count). The van der Waals surface area contributed by atoms with E-state index in [1.807, 2.05) is 52.7 Å². The minimum atomic E-state index is -1.18. The number of nitrogen functional groups attached to an aromatic ring is 1. The molecule has 0 unspecified atom stereocenters. The Kier molecular flexibility index (Phi) is 6.84. The molecule has 0 bridgehead atoms. The third-order valence-electron chi connectivity index (χ3n) is 5.90. The second-order valence-electron chi connectivity index (χ2n) is 8.35. The van der Waals surface area contributed by atoms with E-state index in [9.17, 15) is 19.5 Å². The zero-order valence-corrected chi connectivity index (χ0v) is 21.4. The van der Waals surface area contributed by atoms with Gasteiger partial charge in [0.2, 0.25) is 0 Å². The third kappa shape index (κ3) is 4.64. The van der Waals surface area contributed by atoms with Gasteiger partial charge in [-0.3, -0.25) is 14.5 Å². The normalized spacial score (nSPS) is 19.5. The third-order valence-corrected chi connectivity index (χ3v) is 7.91. The number of carboxylic acid groups (broad SMARTS) is 1. The van der Waals surface area contributed by atoms with Gasteiger partial charge in [-0.05, 0) is 12.5 Å². The monoisotopic (exact) mass is 542 g/mol. The molecule has 4 N–H and O–H groups in total. The molecule has 2 amide bonds. The van der Waals surface area contributed by atoms with Crippen LogP contribution in [0, 0.1) is 0 Å². The fourth-order valence-corrected chi connectivity index (χ4v) is 6.08. The van der Waals surface area contributed by atoms with Gasteiger partial charge in [-0.1, -0.05) is 18.1 Å². The molecule has 0 spiro atoms. The van der Waals surface area contributed by atoms with E-state index in [1.54, 1.807) is 5.38 Å². The number of fused-ring (bicyclic) bond motifs is 2. The van der Waals surface area contributed by atoms with Gasteiger partial charge in [0.05, 0.1) is 6.20 Å². The number of pyridine rings is 1. The van der Waals surface area contributed by atoms with E-state index in [4.69, 9.17) is 10.6 Å². The van der Waals surface area contributed by atoms with Gasteiger partial charge in [0.1, 0.15) is 48.4 Å². The summed E-state index contributed by atoms with van der Waals surface area (Å²) in [6, 6.07) is 4.83. The highest BCUT2D eigenvalue weighted by Crippen LogP contribution is 2.40. The van der Waals surface area contributed by atoms with E-state index in [2.05, 4.69) is 15.5 Å². The van der Waals surface area contributed by atoms with Gasteiger partial charge in [0, 0.05) is 22.8 Å². The Morgan fingerprint density at radius 1 is 1.38 bits per heavy atom. The lowest BCUT2D eigenvalue weighted by Gasteiger charge is -2.49. The molecule has 14 heteroatoms. The molecule has 5 heterocycles. The van der Waals surface area contributed by atoms with Crippen molar-refractivity contribution in [3.05, 3.63) is 59.1 Å². The smallest absolute Gasteiger partial charge is 0.352 e. The summed E-state index contributed by atoms with van der Waals surface area (Å²) in [5.74, 6) is -1.94. The summed E-state index contributed by atoms with van der Waals surface area (Å²) < 4.78 is 3.86. The summed E-state index contributed by atoms with van der Waals surface area (Å²) in [5, 5.41) is 17.9. The molecular weight excluding hydrogens is 518 g/mol. The van der Waals surface area contributed by atoms with Gasteiger partial charge in [-0.25, -0.2) is 18.7 Å². The second-order valence-corrected chi connectivity index (χ2v) is 10.3. The molecule has 12 nitrogen and oxygen atoms in total. The number of oxime groups is 1. The van der Waals surface area contributed by atoms with Crippen molar-refractivity contribution >= 4 is 57.4 Å². The zero-order valence-electron chi connectivity index (χ0n) is 19.7. The number of β-lactam (4-membered cyclic amide) rings is 1. The maximum Gasteiger partial charge on any atom is 0.352 e. The number of hydrogen-bond donors (Lipinski definition) is 3. The summed E-state index contributed by atoms with van der Waals surface area (Å²) in [6.07, 6.45) is 6.35. The number of aliphatic carboxylic acids is 1. The molecule has 0 radical (unpaired) electrons. The van der Waals surface area contributed by atoms with Crippen molar-refractivity contribution in [2.45, 2.75) is 31.3 Å². The summed E-state index contributed by atoms with van der Waals surface area (Å²) in [6.45, 7) is 2.52. The Morgan fingerprint density at radius 3 is 2.95 bits per heavy atom. The molecule has 0 saturated carbocycles. The highest BCUT2D eigenvalue weighted by molar-refractivity contribution is 8.00. The largest absolute Gasteiger partial charge is 0.477 e. The quantitative estimate of drug-likeness (QED) is 0.118. The number of carbonyl (C=O) groups is 3. The van der Waals surface area contributed by atoms with Gasteiger partial charge in [0.15, 0.2) is 10.8 Å². The first-order chi connectivity index (χ1) is 17.9. The number of carboxylic acids is 1. The molecular formula is C23H24N7O5S2+. The molecule has 1 saturated heterocycles. The van der Waals surface area contributed by atoms with Crippen LogP contribution in [-0.2, 0) is 25.8 Å². The second kappa shape index (κ2) is 10.2. The molecule has 2 aliphatic rings. The minimum Gasteiger partial charge on any atom is -0.477 e. The number of hydrogen-bond acceptors (Lipinski definition) is 9. The van der Waals surface area contributed by atoms with E-state index in [0.29, 0.717) is 30.9 Å². The standard InChI is InChI=1S/C23H23N7O5S2/c1-2-9-35-27-16(14-12-37-23(24)25-14)19(31)26-17-20(32)30-18(22(33)34)13(11-36-21(17)30)10-29-8-7-28-6-4-3-5-15(28)29/h3-8,12,17,21H,2,9-11H2,1H3,(H3-,24,25,26,31,33,34)/p+1/t17-,21+/m1/s1. The van der Waals surface area contributed by atoms with Crippen LogP contribution < -0.4 is 15.6 Å². The summed E-state index contributed by atoms with van der Waals surface area (Å²) in [4.78, 5) is 49.0. The molecule has 1 fully saturated rings. The number of nitrogens with two attached hydrogens (primary N) is 1. The maximum atomic E-state index is 13.1. The number of rotatable bonds is 9. The highest BCUT2D eigenvalue weighted by atomic mass is 32.2. The molecule has 37 heavy (non-hydrogen) atoms. The lowest BCUT2D eigenvalue weighted by molar-refractivity contribution is -0.662. The van der Waals surface area contributed by atoms with E-state index in [0.717, 1.165) is 17.0 Å². The van der Waals surface area contributed by atoms with Crippen LogP contribution in [-0.4, -0.2) is 66.7 Å². The van der Waals surface area contributed by atoms with Crippen molar-refractivity contribution in [2.24, 2.45) is 5.16 Å². The number of anilines is 1. The minimum absolute atomic E-state index is 0.0468. The van der Waals surface area contributed by atoms with Gasteiger partial charge in [0.25, 0.3) is 17.5 Å². The van der Waals surface area contributed by atoms with Crippen LogP contribution in [0.4, 0.5) is 5.13 Å². The molecule has 3 aromatic heterocycles. The first-order valence-corrected chi connectivity index (χ1v) is 13.4. The summed E-state index contributed by atoms with van der Waals surface area (Å²) in [5.41, 5.74) is 7.31. The molecule has 0 aliphatic carbocycles. The average molecular weight is 543 g/mol. The number of imidazole rings is 1. The predicted octanol–water partition coefficient (Wildman–Crippen LogP) is 0.835.